The van der Waals surface area contributed by atoms with E-state index in [0.29, 0.717) is 42.9 Å². The summed E-state index contributed by atoms with van der Waals surface area (Å²) in [7, 11) is 0. The number of amides is 4. The first kappa shape index (κ1) is 35.1. The number of fused-ring (bicyclic) bond motifs is 1. The summed E-state index contributed by atoms with van der Waals surface area (Å²) in [5, 5.41) is 2.70. The summed E-state index contributed by atoms with van der Waals surface area (Å²) in [6, 6.07) is 12.0. The molecule has 0 saturated carbocycles. The first-order valence-corrected chi connectivity index (χ1v) is 16.0. The van der Waals surface area contributed by atoms with Gasteiger partial charge in [0.25, 0.3) is 11.8 Å². The van der Waals surface area contributed by atoms with Crippen molar-refractivity contribution in [3.63, 3.8) is 0 Å². The summed E-state index contributed by atoms with van der Waals surface area (Å²) >= 11 is 0. The molecule has 11 heteroatoms. The molecule has 2 aliphatic heterocycles. The van der Waals surface area contributed by atoms with Gasteiger partial charge in [-0.05, 0) is 79.0 Å². The summed E-state index contributed by atoms with van der Waals surface area (Å²) in [4.78, 5) is 58.1. The number of alkyl carbamates (subject to hydrolysis) is 1. The molecule has 4 amide bonds. The molecule has 0 unspecified atom stereocenters. The van der Waals surface area contributed by atoms with E-state index in [1.807, 2.05) is 65.0 Å². The molecule has 0 bridgehead atoms. The summed E-state index contributed by atoms with van der Waals surface area (Å²) in [5.41, 5.74) is -0.0590. The maximum Gasteiger partial charge on any atom is 0.410 e. The van der Waals surface area contributed by atoms with Crippen LogP contribution in [0.1, 0.15) is 82.8 Å². The predicted octanol–water partition coefficient (Wildman–Crippen LogP) is 5.35. The Kier molecular flexibility index (Phi) is 10.7. The van der Waals surface area contributed by atoms with Gasteiger partial charge in [-0.25, -0.2) is 9.59 Å². The molecule has 2 aliphatic rings. The molecule has 0 radical (unpaired) electrons. The van der Waals surface area contributed by atoms with Gasteiger partial charge in [-0.1, -0.05) is 36.3 Å². The minimum absolute atomic E-state index is 0.0930. The Balaban J connectivity index is 1.56. The van der Waals surface area contributed by atoms with E-state index in [-0.39, 0.29) is 49.2 Å². The van der Waals surface area contributed by atoms with Crippen LogP contribution in [-0.2, 0) is 20.9 Å². The van der Waals surface area contributed by atoms with Crippen LogP contribution in [0.25, 0.3) is 0 Å². The number of ether oxygens (including phenoxy) is 3. The van der Waals surface area contributed by atoms with Gasteiger partial charge in [-0.3, -0.25) is 9.59 Å². The third-order valence-corrected chi connectivity index (χ3v) is 7.95. The quantitative estimate of drug-likeness (QED) is 0.385. The van der Waals surface area contributed by atoms with E-state index in [0.717, 1.165) is 5.56 Å². The molecule has 0 aromatic heterocycles. The Hall–Kier alpha value is -4.72. The lowest BCUT2D eigenvalue weighted by molar-refractivity contribution is -0.132. The third-order valence-electron chi connectivity index (χ3n) is 7.95. The molecule has 11 nitrogen and oxygen atoms in total. The number of hydrogen-bond acceptors (Lipinski definition) is 7. The van der Waals surface area contributed by atoms with Gasteiger partial charge in [0.1, 0.15) is 18.0 Å². The van der Waals surface area contributed by atoms with E-state index in [2.05, 4.69) is 11.2 Å². The lowest BCUT2D eigenvalue weighted by Gasteiger charge is -2.42. The van der Waals surface area contributed by atoms with Crippen LogP contribution in [0.15, 0.2) is 42.5 Å². The second kappa shape index (κ2) is 14.4. The highest BCUT2D eigenvalue weighted by molar-refractivity contribution is 6.05. The van der Waals surface area contributed by atoms with Crippen LogP contribution in [0.2, 0.25) is 0 Å². The molecule has 2 heterocycles. The van der Waals surface area contributed by atoms with E-state index in [1.54, 1.807) is 35.8 Å². The number of likely N-dealkylation sites (tertiary alicyclic amines) is 1. The van der Waals surface area contributed by atoms with E-state index >= 15 is 0 Å². The van der Waals surface area contributed by atoms with E-state index < -0.39 is 23.4 Å². The number of anilines is 1. The molecule has 1 saturated heterocycles. The van der Waals surface area contributed by atoms with Crippen LogP contribution in [0.4, 0.5) is 15.3 Å². The SMILES string of the molecule is C#Cc1cc2c(cc1C(=O)N(C(C)C)[C@@H]1CCCN(C(=O)OC(C)(C)C)C1)N(CCNC(=O)OCc1ccccc1)C(=O)C(C)(C)O2. The van der Waals surface area contributed by atoms with Gasteiger partial charge in [0.05, 0.1) is 17.3 Å². The van der Waals surface area contributed by atoms with Crippen molar-refractivity contribution < 1.29 is 33.4 Å². The van der Waals surface area contributed by atoms with Crippen LogP contribution >= 0.6 is 0 Å². The Bertz CT molecular complexity index is 1520. The van der Waals surface area contributed by atoms with E-state index in [1.165, 1.54) is 4.90 Å². The molecule has 252 valence electrons. The van der Waals surface area contributed by atoms with Crippen LogP contribution in [-0.4, -0.2) is 83.3 Å². The van der Waals surface area contributed by atoms with Gasteiger partial charge in [0.15, 0.2) is 5.60 Å². The number of rotatable bonds is 8. The number of piperidine rings is 1. The second-order valence-electron chi connectivity index (χ2n) is 13.6. The highest BCUT2D eigenvalue weighted by Gasteiger charge is 2.42. The molecule has 2 aromatic carbocycles. The van der Waals surface area contributed by atoms with Gasteiger partial charge >= 0.3 is 12.2 Å². The highest BCUT2D eigenvalue weighted by Crippen LogP contribution is 2.40. The Morgan fingerprint density at radius 1 is 1.17 bits per heavy atom. The monoisotopic (exact) mass is 646 g/mol. The Morgan fingerprint density at radius 3 is 2.51 bits per heavy atom. The minimum atomic E-state index is -1.21. The summed E-state index contributed by atoms with van der Waals surface area (Å²) in [6.07, 6.45) is 6.30. The standard InChI is InChI=1S/C36H46N4O7/c1-9-26-20-30-29(39(32(42)36(7,8)46-30)19-17-37-33(43)45-23-25-14-11-10-12-15-25)21-28(26)31(41)40(24(2)3)27-16-13-18-38(22-27)34(44)47-35(4,5)6/h1,10-12,14-15,20-21,24,27H,13,16-19,22-23H2,2-8H3,(H,37,43)/t27-/m1/s1. The summed E-state index contributed by atoms with van der Waals surface area (Å²) in [6.45, 7) is 13.8. The van der Waals surface area contributed by atoms with Crippen molar-refractivity contribution in [1.29, 1.82) is 0 Å². The molecule has 0 spiro atoms. The largest absolute Gasteiger partial charge is 0.476 e. The first-order chi connectivity index (χ1) is 22.1. The van der Waals surface area contributed by atoms with Crippen LogP contribution in [0, 0.1) is 12.3 Å². The number of carbonyl (C=O) groups excluding carboxylic acids is 4. The number of nitrogens with zero attached hydrogens (tertiary/aromatic N) is 3. The van der Waals surface area contributed by atoms with Gasteiger partial charge in [0, 0.05) is 37.8 Å². The van der Waals surface area contributed by atoms with Crippen molar-refractivity contribution in [1.82, 2.24) is 15.1 Å². The van der Waals surface area contributed by atoms with Crippen molar-refractivity contribution >= 4 is 29.7 Å². The van der Waals surface area contributed by atoms with Gasteiger partial charge in [0.2, 0.25) is 0 Å². The third kappa shape index (κ3) is 8.56. The lowest BCUT2D eigenvalue weighted by Crippen LogP contribution is -2.55. The van der Waals surface area contributed by atoms with Crippen molar-refractivity contribution in [2.75, 3.05) is 31.1 Å². The zero-order valence-electron chi connectivity index (χ0n) is 28.4. The maximum absolute atomic E-state index is 14.3. The van der Waals surface area contributed by atoms with Gasteiger partial charge in [-0.2, -0.15) is 0 Å². The fourth-order valence-electron chi connectivity index (χ4n) is 5.81. The Labute approximate surface area is 277 Å². The average molecular weight is 647 g/mol. The predicted molar refractivity (Wildman–Crippen MR) is 178 cm³/mol. The molecule has 0 aliphatic carbocycles. The average Bonchev–Trinajstić information content (AvgIpc) is 3.01. The molecule has 47 heavy (non-hydrogen) atoms. The topological polar surface area (TPSA) is 118 Å². The van der Waals surface area contributed by atoms with Crippen LogP contribution in [0.5, 0.6) is 5.75 Å². The molecule has 1 atom stereocenters. The minimum Gasteiger partial charge on any atom is -0.476 e. The van der Waals surface area contributed by atoms with Crippen molar-refractivity contribution in [3.05, 3.63) is 59.2 Å². The first-order valence-electron chi connectivity index (χ1n) is 16.0. The summed E-state index contributed by atoms with van der Waals surface area (Å²) < 4.78 is 17.0. The fourth-order valence-corrected chi connectivity index (χ4v) is 5.81. The smallest absolute Gasteiger partial charge is 0.410 e. The van der Waals surface area contributed by atoms with Crippen LogP contribution in [0.3, 0.4) is 0 Å². The lowest BCUT2D eigenvalue weighted by atomic mass is 9.97. The van der Waals surface area contributed by atoms with Gasteiger partial charge in [-0.15, -0.1) is 6.42 Å². The van der Waals surface area contributed by atoms with Crippen molar-refractivity contribution in [2.24, 2.45) is 0 Å². The number of terminal acetylenes is 1. The normalized spacial score (nSPS) is 17.3. The molecule has 2 aromatic rings. The zero-order chi connectivity index (χ0) is 34.5. The fraction of sp³-hybridized carbons (Fsp3) is 0.500. The second-order valence-corrected chi connectivity index (χ2v) is 13.6. The Morgan fingerprint density at radius 2 is 1.87 bits per heavy atom. The van der Waals surface area contributed by atoms with E-state index in [4.69, 9.17) is 20.6 Å². The van der Waals surface area contributed by atoms with Crippen molar-refractivity contribution in [3.8, 4) is 18.1 Å². The van der Waals surface area contributed by atoms with Gasteiger partial charge < -0.3 is 34.2 Å². The number of carbonyl (C=O) groups is 4. The molecule has 4 rings (SSSR count). The van der Waals surface area contributed by atoms with Crippen molar-refractivity contribution in [2.45, 2.75) is 91.2 Å². The molecular weight excluding hydrogens is 600 g/mol. The molecule has 1 fully saturated rings. The van der Waals surface area contributed by atoms with Crippen LogP contribution < -0.4 is 15.0 Å². The maximum atomic E-state index is 14.3. The summed E-state index contributed by atoms with van der Waals surface area (Å²) in [5.74, 6) is 2.33. The zero-order valence-corrected chi connectivity index (χ0v) is 28.4. The number of nitrogens with one attached hydrogen (secondary N) is 1. The molecule has 1 N–H and O–H groups in total. The highest BCUT2D eigenvalue weighted by atomic mass is 16.6. The van der Waals surface area contributed by atoms with E-state index in [9.17, 15) is 19.2 Å². The number of benzene rings is 2. The number of hydrogen-bond donors (Lipinski definition) is 1. The molecular formula is C36H46N4O7.